The van der Waals surface area contributed by atoms with Crippen LogP contribution in [0.15, 0.2) is 79.4 Å². The predicted molar refractivity (Wildman–Crippen MR) is 160 cm³/mol. The molecular weight excluding hydrogens is 519 g/mol. The summed E-state index contributed by atoms with van der Waals surface area (Å²) in [5.74, 6) is 0.270. The highest BCUT2D eigenvalue weighted by Crippen LogP contribution is 2.63. The highest BCUT2D eigenvalue weighted by atomic mass is 35.5. The summed E-state index contributed by atoms with van der Waals surface area (Å²) in [6.07, 6.45) is 8.67. The van der Waals surface area contributed by atoms with E-state index >= 15 is 0 Å². The third kappa shape index (κ3) is 3.62. The van der Waals surface area contributed by atoms with Crippen LogP contribution in [0.4, 0.5) is 0 Å². The van der Waals surface area contributed by atoms with Crippen LogP contribution in [0.25, 0.3) is 17.2 Å². The fourth-order valence-corrected chi connectivity index (χ4v) is 8.78. The van der Waals surface area contributed by atoms with E-state index in [1.54, 1.807) is 22.7 Å². The summed E-state index contributed by atoms with van der Waals surface area (Å²) >= 11 is 16.6. The second kappa shape index (κ2) is 9.19. The number of benzene rings is 2. The first-order valence-electron chi connectivity index (χ1n) is 12.2. The lowest BCUT2D eigenvalue weighted by Crippen LogP contribution is -2.37. The van der Waals surface area contributed by atoms with Gasteiger partial charge >= 0.3 is 0 Å². The summed E-state index contributed by atoms with van der Waals surface area (Å²) in [5, 5.41) is 0. The molecule has 0 fully saturated rings. The Hall–Kier alpha value is -2.36. The van der Waals surface area contributed by atoms with Crippen molar-refractivity contribution < 1.29 is 0 Å². The summed E-state index contributed by atoms with van der Waals surface area (Å²) < 4.78 is 1.65. The van der Waals surface area contributed by atoms with E-state index in [2.05, 4.69) is 99.3 Å². The molecule has 180 valence electrons. The average Bonchev–Trinajstić information content (AvgIpc) is 3.47. The monoisotopic (exact) mass is 544 g/mol. The fourth-order valence-electron chi connectivity index (χ4n) is 6.39. The Balaban J connectivity index is 1.73. The summed E-state index contributed by atoms with van der Waals surface area (Å²) in [4.78, 5) is 2.49. The Labute approximate surface area is 231 Å². The van der Waals surface area contributed by atoms with Gasteiger partial charge in [0.05, 0.1) is 8.67 Å². The lowest BCUT2D eigenvalue weighted by molar-refractivity contribution is 0.410. The molecule has 0 amide bonds. The van der Waals surface area contributed by atoms with Gasteiger partial charge in [-0.2, -0.15) is 0 Å². The van der Waals surface area contributed by atoms with Crippen molar-refractivity contribution in [2.45, 2.75) is 32.1 Å². The topological polar surface area (TPSA) is 0 Å². The van der Waals surface area contributed by atoms with Crippen LogP contribution in [-0.2, 0) is 11.8 Å². The first-order valence-corrected chi connectivity index (χ1v) is 14.6. The zero-order chi connectivity index (χ0) is 25.0. The molecule has 0 saturated carbocycles. The minimum atomic E-state index is -0.246. The number of rotatable bonds is 6. The van der Waals surface area contributed by atoms with Gasteiger partial charge in [0.25, 0.3) is 0 Å². The van der Waals surface area contributed by atoms with Crippen molar-refractivity contribution in [3.8, 4) is 0 Å². The lowest BCUT2D eigenvalue weighted by atomic mass is 9.59. The van der Waals surface area contributed by atoms with Gasteiger partial charge in [-0.15, -0.1) is 29.3 Å². The van der Waals surface area contributed by atoms with Crippen molar-refractivity contribution >= 4 is 63.1 Å². The van der Waals surface area contributed by atoms with E-state index < -0.39 is 0 Å². The van der Waals surface area contributed by atoms with Gasteiger partial charge in [-0.3, -0.25) is 0 Å². The maximum absolute atomic E-state index is 6.65. The van der Waals surface area contributed by atoms with Gasteiger partial charge in [0.1, 0.15) is 0 Å². The van der Waals surface area contributed by atoms with Gasteiger partial charge in [-0.05, 0) is 89.3 Å². The van der Waals surface area contributed by atoms with Crippen molar-refractivity contribution in [3.63, 3.8) is 0 Å². The van der Waals surface area contributed by atoms with Gasteiger partial charge < -0.3 is 0 Å². The first kappa shape index (κ1) is 24.0. The van der Waals surface area contributed by atoms with Crippen LogP contribution in [0.3, 0.4) is 0 Å². The van der Waals surface area contributed by atoms with E-state index in [-0.39, 0.29) is 11.3 Å². The van der Waals surface area contributed by atoms with Crippen LogP contribution in [-0.4, -0.2) is 0 Å². The molecule has 2 aliphatic carbocycles. The number of allylic oxidation sites excluding steroid dienone is 3. The number of aryl methyl sites for hydroxylation is 2. The van der Waals surface area contributed by atoms with Crippen molar-refractivity contribution in [2.24, 2.45) is 5.92 Å². The van der Waals surface area contributed by atoms with Gasteiger partial charge in [-0.1, -0.05) is 90.0 Å². The number of hydrogen-bond acceptors (Lipinski definition) is 2. The molecule has 0 aliphatic heterocycles. The summed E-state index contributed by atoms with van der Waals surface area (Å²) in [6.45, 7) is 8.65. The van der Waals surface area contributed by atoms with Crippen LogP contribution in [0.5, 0.6) is 0 Å². The molecular formula is C32H26Cl2S2. The molecule has 2 aromatic heterocycles. The third-order valence-electron chi connectivity index (χ3n) is 7.73. The molecule has 2 heterocycles. The van der Waals surface area contributed by atoms with Crippen molar-refractivity contribution in [3.05, 3.63) is 131 Å². The van der Waals surface area contributed by atoms with Gasteiger partial charge in [0, 0.05) is 15.2 Å². The average molecular weight is 546 g/mol. The van der Waals surface area contributed by atoms with Gasteiger partial charge in [0.15, 0.2) is 0 Å². The summed E-state index contributed by atoms with van der Waals surface area (Å²) in [7, 11) is 0. The molecule has 36 heavy (non-hydrogen) atoms. The zero-order valence-electron chi connectivity index (χ0n) is 20.3. The number of halogens is 2. The molecule has 6 rings (SSSR count). The quantitative estimate of drug-likeness (QED) is 0.212. The molecule has 2 aromatic carbocycles. The Morgan fingerprint density at radius 3 is 2.22 bits per heavy atom. The minimum absolute atomic E-state index is 0.246. The Bertz CT molecular complexity index is 1550. The van der Waals surface area contributed by atoms with Gasteiger partial charge in [-0.25, -0.2) is 0 Å². The molecule has 0 radical (unpaired) electrons. The Morgan fingerprint density at radius 1 is 0.889 bits per heavy atom. The van der Waals surface area contributed by atoms with Crippen LogP contribution >= 0.6 is 45.9 Å². The molecule has 2 aliphatic rings. The Kier molecular flexibility index (Phi) is 6.13. The molecule has 0 saturated heterocycles. The molecule has 4 heteroatoms. The van der Waals surface area contributed by atoms with Crippen molar-refractivity contribution in [1.82, 2.24) is 0 Å². The maximum Gasteiger partial charge on any atom is 0.0937 e. The van der Waals surface area contributed by atoms with E-state index in [4.69, 9.17) is 23.2 Å². The highest BCUT2D eigenvalue weighted by Gasteiger charge is 2.52. The third-order valence-corrected chi connectivity index (χ3v) is 10.1. The van der Waals surface area contributed by atoms with Crippen LogP contribution in [0.1, 0.15) is 49.6 Å². The SMILES string of the molecule is C=CC[C@@]12C(c3cc(Cl)sc3C)=C(c3cc(Cl)sc3C)c3cccc(c31)C=C[C@@H]2Cc1ccccc1. The normalized spacial score (nSPS) is 20.2. The molecule has 2 atom stereocenters. The van der Waals surface area contributed by atoms with E-state index in [0.29, 0.717) is 0 Å². The summed E-state index contributed by atoms with van der Waals surface area (Å²) in [5.41, 5.74) is 10.3. The zero-order valence-corrected chi connectivity index (χ0v) is 23.4. The fraction of sp³-hybridized carbons (Fsp3) is 0.188. The summed E-state index contributed by atoms with van der Waals surface area (Å²) in [6, 6.07) is 21.9. The van der Waals surface area contributed by atoms with Crippen molar-refractivity contribution in [1.29, 1.82) is 0 Å². The molecule has 4 aromatic rings. The maximum atomic E-state index is 6.65. The Morgan fingerprint density at radius 2 is 1.58 bits per heavy atom. The molecule has 0 spiro atoms. The van der Waals surface area contributed by atoms with E-state index in [0.717, 1.165) is 21.5 Å². The second-order valence-corrected chi connectivity index (χ2v) is 13.5. The minimum Gasteiger partial charge on any atom is -0.128 e. The van der Waals surface area contributed by atoms with Crippen LogP contribution < -0.4 is 0 Å². The molecule has 0 N–H and O–H groups in total. The highest BCUT2D eigenvalue weighted by molar-refractivity contribution is 7.16. The predicted octanol–water partition coefficient (Wildman–Crippen LogP) is 10.4. The largest absolute Gasteiger partial charge is 0.128 e. The number of thiophene rings is 2. The van der Waals surface area contributed by atoms with Gasteiger partial charge in [0.2, 0.25) is 0 Å². The standard InChI is InChI=1S/C32H26Cl2S2/c1-4-15-32-23(16-21-9-6-5-7-10-21)14-13-22-11-8-12-24(30(22)32)29(25-17-27(33)35-19(25)2)31(32)26-18-28(34)36-20(26)3/h4-14,17-18,23H,1,15-16H2,2-3H3/t23-,32+/m1/s1. The second-order valence-electron chi connectivity index (χ2n) is 9.68. The van der Waals surface area contributed by atoms with Crippen LogP contribution in [0, 0.1) is 19.8 Å². The first-order chi connectivity index (χ1) is 17.4. The lowest BCUT2D eigenvalue weighted by Gasteiger charge is -2.43. The smallest absolute Gasteiger partial charge is 0.0937 e. The molecule has 0 unspecified atom stereocenters. The van der Waals surface area contributed by atoms with Crippen LogP contribution in [0.2, 0.25) is 8.67 Å². The van der Waals surface area contributed by atoms with E-state index in [1.807, 2.05) is 0 Å². The molecule has 0 bridgehead atoms. The van der Waals surface area contributed by atoms with E-state index in [1.165, 1.54) is 54.3 Å². The van der Waals surface area contributed by atoms with E-state index in [9.17, 15) is 0 Å². The number of hydrogen-bond donors (Lipinski definition) is 0. The molecule has 0 nitrogen and oxygen atoms in total. The van der Waals surface area contributed by atoms with Crippen molar-refractivity contribution in [2.75, 3.05) is 0 Å².